The van der Waals surface area contributed by atoms with Crippen molar-refractivity contribution < 1.29 is 9.53 Å². The molecule has 0 aromatic carbocycles. The molecule has 2 saturated heterocycles. The van der Waals surface area contributed by atoms with Crippen LogP contribution in [0.3, 0.4) is 0 Å². The fraction of sp³-hybridized carbons (Fsp3) is 0.889. The summed E-state index contributed by atoms with van der Waals surface area (Å²) in [4.78, 5) is 13.5. The van der Waals surface area contributed by atoms with Crippen molar-refractivity contribution in [3.05, 3.63) is 0 Å². The van der Waals surface area contributed by atoms with Gasteiger partial charge in [0.05, 0.1) is 12.1 Å². The second kappa shape index (κ2) is 3.18. The van der Waals surface area contributed by atoms with Crippen molar-refractivity contribution >= 4 is 6.03 Å². The lowest BCUT2D eigenvalue weighted by Crippen LogP contribution is -2.57. The van der Waals surface area contributed by atoms with Crippen LogP contribution in [0.15, 0.2) is 0 Å². The third-order valence-corrected chi connectivity index (χ3v) is 2.93. The van der Waals surface area contributed by atoms with Gasteiger partial charge in [-0.25, -0.2) is 4.79 Å². The minimum absolute atomic E-state index is 0.0650. The zero-order valence-corrected chi connectivity index (χ0v) is 8.01. The SMILES string of the molecule is CC1(N2CCCNC2=O)CCOC1. The molecule has 0 saturated carbocycles. The first kappa shape index (κ1) is 8.81. The fourth-order valence-corrected chi connectivity index (χ4v) is 2.01. The Kier molecular flexibility index (Phi) is 2.15. The fourth-order valence-electron chi connectivity index (χ4n) is 2.01. The van der Waals surface area contributed by atoms with Crippen molar-refractivity contribution in [3.8, 4) is 0 Å². The Labute approximate surface area is 78.2 Å². The predicted octanol–water partition coefficient (Wildman–Crippen LogP) is 0.581. The monoisotopic (exact) mass is 184 g/mol. The summed E-state index contributed by atoms with van der Waals surface area (Å²) in [6, 6.07) is 0.0688. The second-order valence-electron chi connectivity index (χ2n) is 4.04. The van der Waals surface area contributed by atoms with Crippen LogP contribution in [0.2, 0.25) is 0 Å². The normalized spacial score (nSPS) is 34.8. The topological polar surface area (TPSA) is 41.6 Å². The minimum atomic E-state index is -0.0650. The molecule has 1 unspecified atom stereocenters. The molecule has 0 bridgehead atoms. The summed E-state index contributed by atoms with van der Waals surface area (Å²) in [5, 5.41) is 2.87. The maximum absolute atomic E-state index is 11.5. The predicted molar refractivity (Wildman–Crippen MR) is 48.6 cm³/mol. The first-order chi connectivity index (χ1) is 6.22. The number of hydrogen-bond acceptors (Lipinski definition) is 2. The number of amides is 2. The van der Waals surface area contributed by atoms with Crippen LogP contribution in [0.25, 0.3) is 0 Å². The van der Waals surface area contributed by atoms with E-state index >= 15 is 0 Å². The summed E-state index contributed by atoms with van der Waals surface area (Å²) in [6.45, 7) is 5.24. The van der Waals surface area contributed by atoms with Crippen LogP contribution in [0.4, 0.5) is 4.79 Å². The lowest BCUT2D eigenvalue weighted by Gasteiger charge is -2.39. The van der Waals surface area contributed by atoms with Crippen LogP contribution in [-0.2, 0) is 4.74 Å². The smallest absolute Gasteiger partial charge is 0.317 e. The number of hydrogen-bond donors (Lipinski definition) is 1. The van der Waals surface area contributed by atoms with Crippen molar-refractivity contribution in [1.29, 1.82) is 0 Å². The highest BCUT2D eigenvalue weighted by Gasteiger charge is 2.39. The molecule has 4 heteroatoms. The third kappa shape index (κ3) is 1.50. The number of urea groups is 1. The van der Waals surface area contributed by atoms with Crippen LogP contribution in [0.1, 0.15) is 19.8 Å². The highest BCUT2D eigenvalue weighted by Crippen LogP contribution is 2.26. The summed E-state index contributed by atoms with van der Waals surface area (Å²) >= 11 is 0. The van der Waals surface area contributed by atoms with Crippen LogP contribution in [0.5, 0.6) is 0 Å². The van der Waals surface area contributed by atoms with Gasteiger partial charge in [0.15, 0.2) is 0 Å². The molecule has 2 amide bonds. The Hall–Kier alpha value is -0.770. The molecule has 1 N–H and O–H groups in total. The molecule has 0 aromatic heterocycles. The first-order valence-corrected chi connectivity index (χ1v) is 4.86. The van der Waals surface area contributed by atoms with Gasteiger partial charge in [-0.05, 0) is 19.8 Å². The van der Waals surface area contributed by atoms with Crippen LogP contribution < -0.4 is 5.32 Å². The van der Waals surface area contributed by atoms with Gasteiger partial charge in [0.2, 0.25) is 0 Å². The van der Waals surface area contributed by atoms with E-state index in [1.807, 2.05) is 4.90 Å². The van der Waals surface area contributed by atoms with Crippen LogP contribution in [-0.4, -0.2) is 42.8 Å². The van der Waals surface area contributed by atoms with E-state index in [9.17, 15) is 4.79 Å². The van der Waals surface area contributed by atoms with Crippen molar-refractivity contribution in [3.63, 3.8) is 0 Å². The van der Waals surface area contributed by atoms with E-state index in [1.54, 1.807) is 0 Å². The van der Waals surface area contributed by atoms with Gasteiger partial charge in [-0.2, -0.15) is 0 Å². The Balaban J connectivity index is 2.08. The number of carbonyl (C=O) groups is 1. The molecule has 0 spiro atoms. The molecule has 4 nitrogen and oxygen atoms in total. The average Bonchev–Trinajstić information content (AvgIpc) is 2.54. The summed E-state index contributed by atoms with van der Waals surface area (Å²) < 4.78 is 5.34. The summed E-state index contributed by atoms with van der Waals surface area (Å²) in [5.74, 6) is 0. The van der Waals surface area contributed by atoms with Gasteiger partial charge in [0.25, 0.3) is 0 Å². The van der Waals surface area contributed by atoms with E-state index in [2.05, 4.69) is 12.2 Å². The van der Waals surface area contributed by atoms with Gasteiger partial charge in [-0.1, -0.05) is 0 Å². The van der Waals surface area contributed by atoms with E-state index in [1.165, 1.54) is 0 Å². The molecule has 2 fully saturated rings. The van der Waals surface area contributed by atoms with E-state index in [4.69, 9.17) is 4.74 Å². The van der Waals surface area contributed by atoms with E-state index in [0.29, 0.717) is 6.61 Å². The lowest BCUT2D eigenvalue weighted by atomic mass is 9.98. The minimum Gasteiger partial charge on any atom is -0.379 e. The molecule has 74 valence electrons. The molecule has 13 heavy (non-hydrogen) atoms. The number of nitrogens with one attached hydrogen (secondary N) is 1. The molecule has 2 aliphatic heterocycles. The molecule has 2 rings (SSSR count). The maximum atomic E-state index is 11.5. The number of carbonyl (C=O) groups excluding carboxylic acids is 1. The van der Waals surface area contributed by atoms with Gasteiger partial charge in [-0.3, -0.25) is 0 Å². The molecule has 0 aromatic rings. The van der Waals surface area contributed by atoms with E-state index < -0.39 is 0 Å². The number of rotatable bonds is 1. The zero-order chi connectivity index (χ0) is 9.31. The highest BCUT2D eigenvalue weighted by molar-refractivity contribution is 5.75. The molecule has 2 heterocycles. The Morgan fingerprint density at radius 2 is 2.46 bits per heavy atom. The standard InChI is InChI=1S/C9H16N2O2/c1-9(3-6-13-7-9)11-5-2-4-10-8(11)12/h2-7H2,1H3,(H,10,12). The van der Waals surface area contributed by atoms with Gasteiger partial charge in [-0.15, -0.1) is 0 Å². The Bertz CT molecular complexity index is 212. The van der Waals surface area contributed by atoms with E-state index in [-0.39, 0.29) is 11.6 Å². The summed E-state index contributed by atoms with van der Waals surface area (Å²) in [5.41, 5.74) is -0.0650. The molecule has 0 aliphatic carbocycles. The maximum Gasteiger partial charge on any atom is 0.317 e. The Morgan fingerprint density at radius 1 is 1.62 bits per heavy atom. The van der Waals surface area contributed by atoms with Gasteiger partial charge < -0.3 is 15.0 Å². The van der Waals surface area contributed by atoms with Crippen LogP contribution >= 0.6 is 0 Å². The largest absolute Gasteiger partial charge is 0.379 e. The third-order valence-electron chi connectivity index (χ3n) is 2.93. The second-order valence-corrected chi connectivity index (χ2v) is 4.04. The van der Waals surface area contributed by atoms with Crippen molar-refractivity contribution in [2.24, 2.45) is 0 Å². The molecule has 0 radical (unpaired) electrons. The van der Waals surface area contributed by atoms with Gasteiger partial charge in [0.1, 0.15) is 0 Å². The summed E-state index contributed by atoms with van der Waals surface area (Å²) in [6.07, 6.45) is 2.00. The molecular formula is C9H16N2O2. The van der Waals surface area contributed by atoms with E-state index in [0.717, 1.165) is 32.5 Å². The summed E-state index contributed by atoms with van der Waals surface area (Å²) in [7, 11) is 0. The quantitative estimate of drug-likeness (QED) is 0.647. The Morgan fingerprint density at radius 3 is 3.08 bits per heavy atom. The number of ether oxygens (including phenoxy) is 1. The van der Waals surface area contributed by atoms with Crippen molar-refractivity contribution in [2.75, 3.05) is 26.3 Å². The highest BCUT2D eigenvalue weighted by atomic mass is 16.5. The number of nitrogens with zero attached hydrogens (tertiary/aromatic N) is 1. The molecule has 1 atom stereocenters. The molecular weight excluding hydrogens is 168 g/mol. The van der Waals surface area contributed by atoms with Crippen molar-refractivity contribution in [2.45, 2.75) is 25.3 Å². The van der Waals surface area contributed by atoms with Gasteiger partial charge >= 0.3 is 6.03 Å². The van der Waals surface area contributed by atoms with Crippen molar-refractivity contribution in [1.82, 2.24) is 10.2 Å². The lowest BCUT2D eigenvalue weighted by molar-refractivity contribution is 0.0899. The molecule has 2 aliphatic rings. The zero-order valence-electron chi connectivity index (χ0n) is 8.01. The van der Waals surface area contributed by atoms with Crippen LogP contribution in [0, 0.1) is 0 Å². The van der Waals surface area contributed by atoms with Gasteiger partial charge in [0, 0.05) is 19.7 Å². The first-order valence-electron chi connectivity index (χ1n) is 4.86. The average molecular weight is 184 g/mol.